The van der Waals surface area contributed by atoms with Crippen LogP contribution in [0.2, 0.25) is 13.1 Å². The number of hydrogen-bond donors (Lipinski definition) is 0. The molecule has 1 heterocycles. The Labute approximate surface area is 187 Å². The highest BCUT2D eigenvalue weighted by molar-refractivity contribution is 6.49. The second kappa shape index (κ2) is 9.82. The zero-order valence-electron chi connectivity index (χ0n) is 19.5. The molecule has 0 saturated heterocycles. The van der Waals surface area contributed by atoms with E-state index in [0.717, 1.165) is 35.2 Å². The van der Waals surface area contributed by atoms with Crippen molar-refractivity contribution in [3.05, 3.63) is 64.8 Å². The monoisotopic (exact) mass is 438 g/mol. The molecule has 1 aromatic heterocycles. The second-order valence-electron chi connectivity index (χ2n) is 9.15. The summed E-state index contributed by atoms with van der Waals surface area (Å²) >= 11 is 0. The predicted octanol–water partition coefficient (Wildman–Crippen LogP) is 6.60. The standard InChI is InChI=1S/C26H33FNO2Si/c1-18-21(15-12-19-10-13-20(14-11-19)29-17-16-27)28-22-8-7-9-23(30-31(5)6)24(22)25(18)26(2,3)4/h7-11,13-14H,12,15-17H2,1-6H3. The van der Waals surface area contributed by atoms with Crippen LogP contribution in [0.15, 0.2) is 42.5 Å². The van der Waals surface area contributed by atoms with Gasteiger partial charge >= 0.3 is 0 Å². The van der Waals surface area contributed by atoms with Gasteiger partial charge in [-0.2, -0.15) is 0 Å². The van der Waals surface area contributed by atoms with Crippen molar-refractivity contribution in [2.75, 3.05) is 13.3 Å². The SMILES string of the molecule is Cc1c(CCc2ccc(OCCF)cc2)nc2cccc(O[Si](C)C)c2c1C(C)(C)C. The fourth-order valence-corrected chi connectivity index (χ4v) is 4.69. The Morgan fingerprint density at radius 2 is 1.71 bits per heavy atom. The van der Waals surface area contributed by atoms with Crippen LogP contribution >= 0.6 is 0 Å². The molecule has 165 valence electrons. The first kappa shape index (κ1) is 23.3. The summed E-state index contributed by atoms with van der Waals surface area (Å²) in [6.07, 6.45) is 1.75. The highest BCUT2D eigenvalue weighted by atomic mass is 28.3. The molecule has 2 aromatic carbocycles. The normalized spacial score (nSPS) is 11.9. The molecule has 0 bridgehead atoms. The van der Waals surface area contributed by atoms with Gasteiger partial charge in [-0.1, -0.05) is 39.0 Å². The molecule has 0 fully saturated rings. The summed E-state index contributed by atoms with van der Waals surface area (Å²) in [4.78, 5) is 5.05. The van der Waals surface area contributed by atoms with E-state index in [1.165, 1.54) is 16.7 Å². The molecule has 5 heteroatoms. The highest BCUT2D eigenvalue weighted by Gasteiger charge is 2.25. The topological polar surface area (TPSA) is 31.4 Å². The van der Waals surface area contributed by atoms with Gasteiger partial charge in [0.15, 0.2) is 0 Å². The van der Waals surface area contributed by atoms with Crippen LogP contribution in [0.4, 0.5) is 4.39 Å². The molecule has 0 amide bonds. The molecule has 0 N–H and O–H groups in total. The summed E-state index contributed by atoms with van der Waals surface area (Å²) in [5, 5.41) is 1.15. The van der Waals surface area contributed by atoms with Crippen molar-refractivity contribution in [2.24, 2.45) is 0 Å². The Morgan fingerprint density at radius 3 is 2.32 bits per heavy atom. The van der Waals surface area contributed by atoms with Crippen molar-refractivity contribution in [2.45, 2.75) is 59.0 Å². The number of halogens is 1. The molecule has 3 aromatic rings. The lowest BCUT2D eigenvalue weighted by Crippen LogP contribution is -2.18. The van der Waals surface area contributed by atoms with Crippen LogP contribution in [0.1, 0.15) is 43.2 Å². The first-order chi connectivity index (χ1) is 14.7. The first-order valence-electron chi connectivity index (χ1n) is 10.9. The van der Waals surface area contributed by atoms with Gasteiger partial charge in [0.05, 0.1) is 5.52 Å². The minimum absolute atomic E-state index is 0.0245. The largest absolute Gasteiger partial charge is 0.542 e. The fraction of sp³-hybridized carbons (Fsp3) is 0.423. The smallest absolute Gasteiger partial charge is 0.274 e. The van der Waals surface area contributed by atoms with Gasteiger partial charge in [0.2, 0.25) is 0 Å². The zero-order chi connectivity index (χ0) is 22.6. The molecule has 31 heavy (non-hydrogen) atoms. The van der Waals surface area contributed by atoms with E-state index in [2.05, 4.69) is 52.9 Å². The summed E-state index contributed by atoms with van der Waals surface area (Å²) in [7, 11) is -0.875. The summed E-state index contributed by atoms with van der Waals surface area (Å²) in [6.45, 7) is 12.9. The maximum absolute atomic E-state index is 12.3. The number of aryl methyl sites for hydroxylation is 2. The maximum atomic E-state index is 12.3. The van der Waals surface area contributed by atoms with Crippen LogP contribution < -0.4 is 9.16 Å². The van der Waals surface area contributed by atoms with E-state index in [1.54, 1.807) is 0 Å². The first-order valence-corrected chi connectivity index (χ1v) is 13.3. The van der Waals surface area contributed by atoms with E-state index in [1.807, 2.05) is 30.3 Å². The van der Waals surface area contributed by atoms with Crippen molar-refractivity contribution in [3.63, 3.8) is 0 Å². The maximum Gasteiger partial charge on any atom is 0.274 e. The zero-order valence-corrected chi connectivity index (χ0v) is 20.5. The summed E-state index contributed by atoms with van der Waals surface area (Å²) < 4.78 is 23.9. The number of rotatable bonds is 8. The molecule has 0 aliphatic rings. The Bertz CT molecular complexity index is 1030. The molecule has 0 aliphatic heterocycles. The molecule has 0 saturated carbocycles. The molecule has 3 nitrogen and oxygen atoms in total. The summed E-state index contributed by atoms with van der Waals surface area (Å²) in [6, 6.07) is 14.1. The summed E-state index contributed by atoms with van der Waals surface area (Å²) in [5.74, 6) is 1.66. The van der Waals surface area contributed by atoms with Gasteiger partial charge in [0.1, 0.15) is 24.8 Å². The van der Waals surface area contributed by atoms with Gasteiger partial charge in [-0.25, -0.2) is 4.39 Å². The van der Waals surface area contributed by atoms with Crippen LogP contribution in [0.3, 0.4) is 0 Å². The average Bonchev–Trinajstić information content (AvgIpc) is 2.70. The van der Waals surface area contributed by atoms with Gasteiger partial charge in [0, 0.05) is 11.1 Å². The van der Waals surface area contributed by atoms with Gasteiger partial charge < -0.3 is 9.16 Å². The number of fused-ring (bicyclic) bond motifs is 1. The van der Waals surface area contributed by atoms with E-state index in [0.29, 0.717) is 5.75 Å². The number of benzene rings is 2. The number of pyridine rings is 1. The van der Waals surface area contributed by atoms with E-state index in [4.69, 9.17) is 14.1 Å². The van der Waals surface area contributed by atoms with E-state index >= 15 is 0 Å². The third-order valence-corrected chi connectivity index (χ3v) is 5.93. The van der Waals surface area contributed by atoms with Crippen LogP contribution in [0.25, 0.3) is 10.9 Å². The fourth-order valence-electron chi connectivity index (χ4n) is 4.08. The molecule has 0 aliphatic carbocycles. The second-order valence-corrected chi connectivity index (χ2v) is 11.2. The van der Waals surface area contributed by atoms with Crippen LogP contribution in [0, 0.1) is 6.92 Å². The Kier molecular flexibility index (Phi) is 7.37. The van der Waals surface area contributed by atoms with Crippen LogP contribution in [-0.4, -0.2) is 27.3 Å². The van der Waals surface area contributed by atoms with E-state index < -0.39 is 15.7 Å². The minimum Gasteiger partial charge on any atom is -0.542 e. The van der Waals surface area contributed by atoms with Crippen molar-refractivity contribution in [1.82, 2.24) is 4.98 Å². The van der Waals surface area contributed by atoms with Crippen LogP contribution in [-0.2, 0) is 18.3 Å². The van der Waals surface area contributed by atoms with Crippen molar-refractivity contribution in [1.29, 1.82) is 0 Å². The van der Waals surface area contributed by atoms with Gasteiger partial charge in [-0.3, -0.25) is 4.98 Å². The lowest BCUT2D eigenvalue weighted by Gasteiger charge is -2.27. The van der Waals surface area contributed by atoms with Crippen molar-refractivity contribution in [3.8, 4) is 11.5 Å². The Balaban J connectivity index is 1.95. The number of hydrogen-bond acceptors (Lipinski definition) is 3. The lowest BCUT2D eigenvalue weighted by atomic mass is 9.80. The Morgan fingerprint density at radius 1 is 1.00 bits per heavy atom. The number of ether oxygens (including phenoxy) is 1. The molecule has 0 unspecified atom stereocenters. The number of nitrogens with zero attached hydrogens (tertiary/aromatic N) is 1. The minimum atomic E-state index is -0.875. The van der Waals surface area contributed by atoms with Crippen molar-refractivity contribution < 1.29 is 13.6 Å². The third kappa shape index (κ3) is 5.64. The van der Waals surface area contributed by atoms with E-state index in [9.17, 15) is 4.39 Å². The predicted molar refractivity (Wildman–Crippen MR) is 129 cm³/mol. The van der Waals surface area contributed by atoms with Gasteiger partial charge in [-0.15, -0.1) is 0 Å². The molecule has 0 atom stereocenters. The number of aromatic nitrogens is 1. The average molecular weight is 439 g/mol. The molecule has 3 rings (SSSR count). The van der Waals surface area contributed by atoms with E-state index in [-0.39, 0.29) is 12.0 Å². The molecular weight excluding hydrogens is 405 g/mol. The third-order valence-electron chi connectivity index (χ3n) is 5.30. The lowest BCUT2D eigenvalue weighted by molar-refractivity contribution is 0.273. The molecule has 0 spiro atoms. The Hall–Kier alpha value is -2.40. The van der Waals surface area contributed by atoms with Crippen LogP contribution in [0.5, 0.6) is 11.5 Å². The highest BCUT2D eigenvalue weighted by Crippen LogP contribution is 2.38. The molecule has 1 radical (unpaired) electrons. The van der Waals surface area contributed by atoms with Gasteiger partial charge in [-0.05, 0) is 79.2 Å². The van der Waals surface area contributed by atoms with Gasteiger partial charge in [0.25, 0.3) is 9.04 Å². The number of alkyl halides is 1. The summed E-state index contributed by atoms with van der Waals surface area (Å²) in [5.41, 5.74) is 5.89. The van der Waals surface area contributed by atoms with Crippen molar-refractivity contribution >= 4 is 19.9 Å². The molecular formula is C26H33FNO2Si. The quantitative estimate of drug-likeness (QED) is 0.371.